The van der Waals surface area contributed by atoms with Gasteiger partial charge in [0.25, 0.3) is 0 Å². The fourth-order valence-corrected chi connectivity index (χ4v) is 8.71. The number of methoxy groups -OCH3 is 1. The van der Waals surface area contributed by atoms with E-state index in [0.717, 1.165) is 96.7 Å². The molecule has 2 N–H and O–H groups in total. The molecule has 238 valence electrons. The number of hydrogen-bond acceptors (Lipinski definition) is 11. The fraction of sp³-hybridized carbons (Fsp3) is 0.606. The third kappa shape index (κ3) is 5.28. The molecule has 0 spiro atoms. The number of nitrogens with two attached hydrogens (primary N) is 1. The molecule has 2 unspecified atom stereocenters. The lowest BCUT2D eigenvalue weighted by atomic mass is 9.92. The number of ether oxygens (including phenoxy) is 1. The van der Waals surface area contributed by atoms with Crippen molar-refractivity contribution in [3.05, 3.63) is 21.7 Å². The number of nitriles is 1. The molecule has 4 aromatic heterocycles. The number of aromatic nitrogens is 5. The molecule has 11 nitrogen and oxygen atoms in total. The molecule has 0 aromatic carbocycles. The molecular formula is C33H43N9O2S. The summed E-state index contributed by atoms with van der Waals surface area (Å²) in [7, 11) is 3.89. The summed E-state index contributed by atoms with van der Waals surface area (Å²) < 4.78 is 13.8. The average Bonchev–Trinajstić information content (AvgIpc) is 3.78. The summed E-state index contributed by atoms with van der Waals surface area (Å²) in [6.45, 7) is 7.79. The van der Waals surface area contributed by atoms with Crippen LogP contribution < -0.4 is 10.6 Å². The van der Waals surface area contributed by atoms with Gasteiger partial charge in [-0.15, -0.1) is 11.3 Å². The third-order valence-corrected chi connectivity index (χ3v) is 11.1. The fourth-order valence-electron chi connectivity index (χ4n) is 7.59. The molecule has 2 saturated heterocycles. The van der Waals surface area contributed by atoms with E-state index in [9.17, 15) is 5.26 Å². The Morgan fingerprint density at radius 3 is 2.80 bits per heavy atom. The molecule has 0 radical (unpaired) electrons. The number of likely N-dealkylation sites (tertiary alicyclic amines) is 1. The molecule has 0 saturated carbocycles. The minimum absolute atomic E-state index is 0.426. The van der Waals surface area contributed by atoms with E-state index in [0.29, 0.717) is 58.9 Å². The van der Waals surface area contributed by atoms with Crippen LogP contribution in [-0.4, -0.2) is 75.7 Å². The third-order valence-electron chi connectivity index (χ3n) is 10.0. The highest BCUT2D eigenvalue weighted by molar-refractivity contribution is 7.16. The van der Waals surface area contributed by atoms with Gasteiger partial charge in [0.1, 0.15) is 16.9 Å². The van der Waals surface area contributed by atoms with Gasteiger partial charge in [0.15, 0.2) is 22.9 Å². The topological polar surface area (TPSA) is 135 Å². The van der Waals surface area contributed by atoms with Gasteiger partial charge in [-0.05, 0) is 64.5 Å². The summed E-state index contributed by atoms with van der Waals surface area (Å²) >= 11 is 1.46. The number of anilines is 2. The van der Waals surface area contributed by atoms with Crippen LogP contribution in [0.1, 0.15) is 74.1 Å². The van der Waals surface area contributed by atoms with Crippen LogP contribution in [0.25, 0.3) is 33.9 Å². The summed E-state index contributed by atoms with van der Waals surface area (Å²) in [5, 5.41) is 21.5. The van der Waals surface area contributed by atoms with Gasteiger partial charge in [-0.2, -0.15) is 10.4 Å². The van der Waals surface area contributed by atoms with Gasteiger partial charge < -0.3 is 24.8 Å². The first-order valence-corrected chi connectivity index (χ1v) is 17.3. The van der Waals surface area contributed by atoms with E-state index in [1.54, 1.807) is 7.11 Å². The van der Waals surface area contributed by atoms with Gasteiger partial charge in [0.05, 0.1) is 35.4 Å². The van der Waals surface area contributed by atoms with Crippen molar-refractivity contribution in [2.24, 2.45) is 5.92 Å². The Kier molecular flexibility index (Phi) is 8.27. The Hall–Kier alpha value is -3.53. The van der Waals surface area contributed by atoms with E-state index in [4.69, 9.17) is 30.1 Å². The van der Waals surface area contributed by atoms with Crippen LogP contribution in [0.15, 0.2) is 4.52 Å². The Bertz CT molecular complexity index is 1750. The zero-order valence-electron chi connectivity index (χ0n) is 26.8. The van der Waals surface area contributed by atoms with Crippen molar-refractivity contribution in [2.75, 3.05) is 44.5 Å². The Morgan fingerprint density at radius 2 is 2.04 bits per heavy atom. The molecule has 3 aliphatic rings. The molecule has 0 amide bonds. The van der Waals surface area contributed by atoms with Crippen molar-refractivity contribution < 1.29 is 9.26 Å². The van der Waals surface area contributed by atoms with Gasteiger partial charge in [0.2, 0.25) is 0 Å². The predicted octanol–water partition coefficient (Wildman–Crippen LogP) is 5.45. The smallest absolute Gasteiger partial charge is 0.186 e. The van der Waals surface area contributed by atoms with Crippen molar-refractivity contribution >= 4 is 33.2 Å². The zero-order chi connectivity index (χ0) is 31.2. The average molecular weight is 630 g/mol. The summed E-state index contributed by atoms with van der Waals surface area (Å²) in [5.41, 5.74) is 10.9. The molecule has 3 aliphatic heterocycles. The van der Waals surface area contributed by atoms with Crippen LogP contribution in [-0.2, 0) is 30.5 Å². The predicted molar refractivity (Wildman–Crippen MR) is 176 cm³/mol. The second-order valence-electron chi connectivity index (χ2n) is 13.1. The minimum atomic E-state index is 0.426. The Balaban J connectivity index is 1.43. The maximum atomic E-state index is 10.1. The second-order valence-corrected chi connectivity index (χ2v) is 14.2. The highest BCUT2D eigenvalue weighted by Gasteiger charge is 2.36. The quantitative estimate of drug-likeness (QED) is 0.255. The molecule has 2 fully saturated rings. The Labute approximate surface area is 268 Å². The monoisotopic (exact) mass is 629 g/mol. The number of nitrogens with zero attached hydrogens (tertiary/aromatic N) is 8. The van der Waals surface area contributed by atoms with Crippen molar-refractivity contribution in [3.63, 3.8) is 0 Å². The van der Waals surface area contributed by atoms with Crippen LogP contribution in [0.2, 0.25) is 0 Å². The first kappa shape index (κ1) is 30.1. The number of nitrogen functional groups attached to an aromatic ring is 1. The molecule has 4 aromatic rings. The molecular weight excluding hydrogens is 586 g/mol. The van der Waals surface area contributed by atoms with E-state index in [1.165, 1.54) is 24.2 Å². The van der Waals surface area contributed by atoms with Crippen LogP contribution >= 0.6 is 11.3 Å². The van der Waals surface area contributed by atoms with Gasteiger partial charge >= 0.3 is 0 Å². The molecule has 0 aliphatic carbocycles. The first-order valence-electron chi connectivity index (χ1n) is 16.4. The number of fused-ring (bicyclic) bond motifs is 2. The van der Waals surface area contributed by atoms with Gasteiger partial charge in [-0.25, -0.2) is 14.6 Å². The van der Waals surface area contributed by atoms with Crippen molar-refractivity contribution in [1.29, 1.82) is 5.26 Å². The van der Waals surface area contributed by atoms with E-state index in [-0.39, 0.29) is 0 Å². The molecule has 0 bridgehead atoms. The van der Waals surface area contributed by atoms with Crippen molar-refractivity contribution in [3.8, 4) is 28.9 Å². The van der Waals surface area contributed by atoms with E-state index in [2.05, 4.69) is 46.6 Å². The summed E-state index contributed by atoms with van der Waals surface area (Å²) in [6.07, 6.45) is 9.00. The number of aryl methyl sites for hydroxylation is 2. The van der Waals surface area contributed by atoms with E-state index >= 15 is 0 Å². The molecule has 7 heterocycles. The maximum Gasteiger partial charge on any atom is 0.186 e. The van der Waals surface area contributed by atoms with Gasteiger partial charge in [-0.1, -0.05) is 25.4 Å². The lowest BCUT2D eigenvalue weighted by molar-refractivity contribution is 0.202. The van der Waals surface area contributed by atoms with Crippen LogP contribution in [0.3, 0.4) is 0 Å². The number of likely N-dealkylation sites (N-methyl/N-ethyl adjacent to an activating group) is 1. The molecule has 3 atom stereocenters. The normalized spacial score (nSPS) is 21.8. The zero-order valence-corrected chi connectivity index (χ0v) is 27.6. The summed E-state index contributed by atoms with van der Waals surface area (Å²) in [4.78, 5) is 16.6. The van der Waals surface area contributed by atoms with Crippen LogP contribution in [0, 0.1) is 17.2 Å². The molecule has 45 heavy (non-hydrogen) atoms. The second kappa shape index (κ2) is 12.3. The number of hydrogen-bond donors (Lipinski definition) is 1. The number of thiophene rings is 1. The van der Waals surface area contributed by atoms with E-state index < -0.39 is 0 Å². The Morgan fingerprint density at radius 1 is 1.18 bits per heavy atom. The summed E-state index contributed by atoms with van der Waals surface area (Å²) in [6, 6.07) is 3.18. The first-order chi connectivity index (χ1) is 21.9. The molecule has 7 rings (SSSR count). The van der Waals surface area contributed by atoms with Gasteiger partial charge in [0, 0.05) is 42.6 Å². The highest BCUT2D eigenvalue weighted by atomic mass is 32.1. The van der Waals surface area contributed by atoms with Crippen molar-refractivity contribution in [1.82, 2.24) is 29.8 Å². The van der Waals surface area contributed by atoms with Crippen LogP contribution in [0.5, 0.6) is 0 Å². The van der Waals surface area contributed by atoms with Crippen LogP contribution in [0.4, 0.5) is 10.8 Å². The SMILES string of the molecule is CCCc1sc(N)c(C#N)c1-c1onc(-c2nc3c4c(nn(CC5CCCN5C)c4n2)CC[C@H]2CCC(C)CN32)c1CCOC. The number of rotatable bonds is 9. The standard InChI is InChI=1S/C33H43N9O2S/c1-5-7-25-26(23(16-34)30(35)45-25)29-22(13-15-43-4)28(39-44-29)31-36-32-27-24(12-11-20-10-9-19(2)17-41(20)32)38-42(33(27)37-31)18-21-8-6-14-40(21)3/h19-21H,5-15,17-18,35H2,1-4H3/t19?,20-,21?/m1/s1. The van der Waals surface area contributed by atoms with Gasteiger partial charge in [-0.3, -0.25) is 0 Å². The lowest BCUT2D eigenvalue weighted by Crippen LogP contribution is -2.43. The molecule has 12 heteroatoms. The highest BCUT2D eigenvalue weighted by Crippen LogP contribution is 2.44. The maximum absolute atomic E-state index is 10.1. The summed E-state index contributed by atoms with van der Waals surface area (Å²) in [5.74, 6) is 2.65. The van der Waals surface area contributed by atoms with Crippen molar-refractivity contribution in [2.45, 2.75) is 90.3 Å². The number of piperidine rings is 1. The minimum Gasteiger partial charge on any atom is -0.389 e. The lowest BCUT2D eigenvalue weighted by Gasteiger charge is -2.39. The largest absolute Gasteiger partial charge is 0.389 e. The van der Waals surface area contributed by atoms with E-state index in [1.807, 2.05) is 0 Å².